The summed E-state index contributed by atoms with van der Waals surface area (Å²) in [7, 11) is 0. The molecule has 198 valence electrons. The molecule has 2 aliphatic rings. The molecule has 3 atom stereocenters. The van der Waals surface area contributed by atoms with E-state index in [4.69, 9.17) is 21.1 Å². The van der Waals surface area contributed by atoms with Crippen LogP contribution in [0.25, 0.3) is 0 Å². The average Bonchev–Trinajstić information content (AvgIpc) is 3.33. The van der Waals surface area contributed by atoms with Crippen molar-refractivity contribution in [3.8, 4) is 0 Å². The zero-order chi connectivity index (χ0) is 27.0. The minimum atomic E-state index is -0.796. The van der Waals surface area contributed by atoms with E-state index in [1.165, 1.54) is 4.90 Å². The van der Waals surface area contributed by atoms with Gasteiger partial charge >= 0.3 is 12.2 Å². The third-order valence-electron chi connectivity index (χ3n) is 7.02. The number of halogens is 1. The molecular formula is C29H35ClN2O5. The largest absolute Gasteiger partial charge is 0.447 e. The Hall–Kier alpha value is -3.06. The zero-order valence-corrected chi connectivity index (χ0v) is 22.8. The molecule has 2 aromatic carbocycles. The van der Waals surface area contributed by atoms with Gasteiger partial charge in [0.05, 0.1) is 18.0 Å². The van der Waals surface area contributed by atoms with Crippen LogP contribution in [0.4, 0.5) is 9.59 Å². The number of rotatable bonds is 5. The maximum atomic E-state index is 14.3. The number of amides is 3. The molecule has 2 fully saturated rings. The highest BCUT2D eigenvalue weighted by atomic mass is 35.5. The second-order valence-electron chi connectivity index (χ2n) is 11.4. The quantitative estimate of drug-likeness (QED) is 0.464. The first-order valence-corrected chi connectivity index (χ1v) is 13.1. The minimum Gasteiger partial charge on any atom is -0.447 e. The number of likely N-dealkylation sites (tertiary alicyclic amines) is 1. The van der Waals surface area contributed by atoms with Gasteiger partial charge in [-0.25, -0.2) is 14.5 Å². The van der Waals surface area contributed by atoms with Crippen molar-refractivity contribution in [1.82, 2.24) is 9.80 Å². The number of cyclic esters (lactones) is 1. The van der Waals surface area contributed by atoms with Gasteiger partial charge in [-0.1, -0.05) is 54.1 Å². The Morgan fingerprint density at radius 3 is 2.38 bits per heavy atom. The summed E-state index contributed by atoms with van der Waals surface area (Å²) < 4.78 is 11.1. The average molecular weight is 527 g/mol. The van der Waals surface area contributed by atoms with Crippen LogP contribution in [-0.4, -0.2) is 57.7 Å². The molecule has 4 rings (SSSR count). The smallest absolute Gasteiger partial charge is 0.417 e. The number of hydrogen-bond acceptors (Lipinski definition) is 5. The van der Waals surface area contributed by atoms with Crippen molar-refractivity contribution in [3.05, 3.63) is 70.7 Å². The summed E-state index contributed by atoms with van der Waals surface area (Å²) in [6.45, 7) is 9.53. The summed E-state index contributed by atoms with van der Waals surface area (Å²) in [5.41, 5.74) is 0.458. The lowest BCUT2D eigenvalue weighted by atomic mass is 9.88. The molecule has 3 amide bonds. The van der Waals surface area contributed by atoms with Crippen molar-refractivity contribution in [2.24, 2.45) is 0 Å². The normalized spacial score (nSPS) is 22.1. The van der Waals surface area contributed by atoms with E-state index >= 15 is 0 Å². The summed E-state index contributed by atoms with van der Waals surface area (Å²) in [5.74, 6) is -1.18. The number of hydrogen-bond donors (Lipinski definition) is 0. The van der Waals surface area contributed by atoms with Crippen LogP contribution in [0, 0.1) is 0 Å². The molecule has 2 aromatic rings. The Labute approximate surface area is 223 Å². The Morgan fingerprint density at radius 1 is 1.11 bits per heavy atom. The summed E-state index contributed by atoms with van der Waals surface area (Å²) >= 11 is 6.16. The predicted octanol–water partition coefficient (Wildman–Crippen LogP) is 6.19. The lowest BCUT2D eigenvalue weighted by Gasteiger charge is -2.40. The van der Waals surface area contributed by atoms with E-state index in [0.717, 1.165) is 5.56 Å². The van der Waals surface area contributed by atoms with Crippen LogP contribution in [0.5, 0.6) is 0 Å². The van der Waals surface area contributed by atoms with Crippen LogP contribution in [0.2, 0.25) is 5.02 Å². The van der Waals surface area contributed by atoms with Gasteiger partial charge in [0.2, 0.25) is 5.91 Å². The van der Waals surface area contributed by atoms with Crippen LogP contribution in [-0.2, 0) is 20.7 Å². The molecule has 2 heterocycles. The zero-order valence-electron chi connectivity index (χ0n) is 22.1. The molecule has 0 saturated carbocycles. The first-order chi connectivity index (χ1) is 17.4. The molecule has 8 heteroatoms. The second kappa shape index (κ2) is 10.4. The Morgan fingerprint density at radius 2 is 1.76 bits per heavy atom. The van der Waals surface area contributed by atoms with Gasteiger partial charge in [0, 0.05) is 10.6 Å². The molecule has 37 heavy (non-hydrogen) atoms. The second-order valence-corrected chi connectivity index (χ2v) is 11.9. The van der Waals surface area contributed by atoms with E-state index in [9.17, 15) is 14.4 Å². The van der Waals surface area contributed by atoms with Crippen molar-refractivity contribution in [2.45, 2.75) is 83.0 Å². The number of benzene rings is 2. The lowest BCUT2D eigenvalue weighted by molar-refractivity contribution is -0.132. The van der Waals surface area contributed by atoms with Gasteiger partial charge in [0.15, 0.2) is 0 Å². The highest BCUT2D eigenvalue weighted by molar-refractivity contribution is 6.30. The molecule has 0 spiro atoms. The summed E-state index contributed by atoms with van der Waals surface area (Å²) in [5, 5.41) is 0.535. The van der Waals surface area contributed by atoms with Crippen molar-refractivity contribution >= 4 is 29.7 Å². The molecule has 0 aromatic heterocycles. The van der Waals surface area contributed by atoms with E-state index in [2.05, 4.69) is 0 Å². The number of carbonyl (C=O) groups is 3. The number of nitrogens with zero attached hydrogens (tertiary/aromatic N) is 2. The van der Waals surface area contributed by atoms with Crippen molar-refractivity contribution < 1.29 is 23.9 Å². The van der Waals surface area contributed by atoms with E-state index in [-0.39, 0.29) is 12.5 Å². The fraction of sp³-hybridized carbons (Fsp3) is 0.483. The van der Waals surface area contributed by atoms with Gasteiger partial charge in [0.1, 0.15) is 12.2 Å². The first-order valence-electron chi connectivity index (χ1n) is 12.7. The summed E-state index contributed by atoms with van der Waals surface area (Å²) in [6, 6.07) is 15.8. The topological polar surface area (TPSA) is 76.2 Å². The number of ether oxygens (including phenoxy) is 2. The Balaban J connectivity index is 1.73. The molecule has 2 aliphatic heterocycles. The SMILES string of the molecule is CC(C)(C)OC(=O)N1C(C(C(=O)N2C(=O)OCC2Cc2ccccc2)c2ccc(Cl)cc2)CCC1(C)C. The maximum Gasteiger partial charge on any atom is 0.417 e. The molecule has 7 nitrogen and oxygen atoms in total. The Bertz CT molecular complexity index is 1140. The van der Waals surface area contributed by atoms with Gasteiger partial charge in [0.25, 0.3) is 0 Å². The molecule has 0 bridgehead atoms. The molecule has 2 saturated heterocycles. The standard InChI is InChI=1S/C29H35ClN2O5/c1-28(2,3)37-27(35)32-23(15-16-29(32,4)5)24(20-11-13-21(30)14-12-20)25(33)31-22(18-36-26(31)34)17-19-9-7-6-8-10-19/h6-14,22-24H,15-18H2,1-5H3. The van der Waals surface area contributed by atoms with E-state index < -0.39 is 41.3 Å². The monoisotopic (exact) mass is 526 g/mol. The van der Waals surface area contributed by atoms with Crippen LogP contribution in [0.1, 0.15) is 64.5 Å². The van der Waals surface area contributed by atoms with Crippen LogP contribution < -0.4 is 0 Å². The predicted molar refractivity (Wildman–Crippen MR) is 141 cm³/mol. The van der Waals surface area contributed by atoms with E-state index in [1.54, 1.807) is 29.2 Å². The highest BCUT2D eigenvalue weighted by Gasteiger charge is 2.52. The third kappa shape index (κ3) is 5.93. The molecule has 0 N–H and O–H groups in total. The van der Waals surface area contributed by atoms with Crippen molar-refractivity contribution in [2.75, 3.05) is 6.61 Å². The van der Waals surface area contributed by atoms with Crippen LogP contribution >= 0.6 is 11.6 Å². The minimum absolute atomic E-state index is 0.124. The van der Waals surface area contributed by atoms with Gasteiger partial charge in [-0.05, 0) is 77.1 Å². The van der Waals surface area contributed by atoms with Gasteiger partial charge < -0.3 is 9.47 Å². The third-order valence-corrected chi connectivity index (χ3v) is 7.27. The number of imide groups is 1. The summed E-state index contributed by atoms with van der Waals surface area (Å²) in [6.07, 6.45) is 0.615. The van der Waals surface area contributed by atoms with Gasteiger partial charge in [-0.15, -0.1) is 0 Å². The van der Waals surface area contributed by atoms with Crippen molar-refractivity contribution in [1.29, 1.82) is 0 Å². The molecular weight excluding hydrogens is 492 g/mol. The van der Waals surface area contributed by atoms with Gasteiger partial charge in [-0.2, -0.15) is 0 Å². The maximum absolute atomic E-state index is 14.3. The molecule has 3 unspecified atom stereocenters. The molecule has 0 aliphatic carbocycles. The van der Waals surface area contributed by atoms with Crippen molar-refractivity contribution in [3.63, 3.8) is 0 Å². The van der Waals surface area contributed by atoms with Crippen LogP contribution in [0.15, 0.2) is 54.6 Å². The van der Waals surface area contributed by atoms with Crippen LogP contribution in [0.3, 0.4) is 0 Å². The lowest BCUT2D eigenvalue weighted by Crippen LogP contribution is -2.54. The van der Waals surface area contributed by atoms with E-state index in [1.807, 2.05) is 65.0 Å². The fourth-order valence-electron chi connectivity index (χ4n) is 5.33. The van der Waals surface area contributed by atoms with Gasteiger partial charge in [-0.3, -0.25) is 9.69 Å². The fourth-order valence-corrected chi connectivity index (χ4v) is 5.45. The molecule has 0 radical (unpaired) electrons. The summed E-state index contributed by atoms with van der Waals surface area (Å²) in [4.78, 5) is 43.6. The van der Waals surface area contributed by atoms with E-state index in [0.29, 0.717) is 29.8 Å². The first kappa shape index (κ1) is 27.0. The Kier molecular flexibility index (Phi) is 7.56. The highest BCUT2D eigenvalue weighted by Crippen LogP contribution is 2.43. The number of carbonyl (C=O) groups excluding carboxylic acids is 3.